The van der Waals surface area contributed by atoms with E-state index in [-0.39, 0.29) is 36.4 Å². The van der Waals surface area contributed by atoms with Crippen LogP contribution in [0.25, 0.3) is 0 Å². The maximum absolute atomic E-state index is 12.5. The molecule has 0 saturated heterocycles. The number of nitriles is 1. The Balaban J connectivity index is 3.22. The van der Waals surface area contributed by atoms with Crippen LogP contribution in [0, 0.1) is 11.3 Å². The Morgan fingerprint density at radius 2 is 2.10 bits per heavy atom. The molecule has 20 heavy (non-hydrogen) atoms. The zero-order valence-corrected chi connectivity index (χ0v) is 10.9. The standard InChI is InChI=1S/C13H14F2N2O3/c1-2-19-11(18)5-8-3-4-9(6-16)10(7-17)12(8)20-13(14)15/h3-4,13H,2,5-6,16H2,1H3. The first-order valence-corrected chi connectivity index (χ1v) is 5.88. The van der Waals surface area contributed by atoms with Crippen molar-refractivity contribution < 1.29 is 23.0 Å². The van der Waals surface area contributed by atoms with Crippen LogP contribution in [0.15, 0.2) is 12.1 Å². The van der Waals surface area contributed by atoms with Gasteiger partial charge in [-0.05, 0) is 12.5 Å². The van der Waals surface area contributed by atoms with Gasteiger partial charge >= 0.3 is 12.6 Å². The second kappa shape index (κ2) is 7.40. The molecule has 0 aromatic heterocycles. The summed E-state index contributed by atoms with van der Waals surface area (Å²) in [6.07, 6.45) is -0.255. The van der Waals surface area contributed by atoms with Crippen LogP contribution in [0.1, 0.15) is 23.6 Å². The minimum absolute atomic E-state index is 0.00216. The van der Waals surface area contributed by atoms with Gasteiger partial charge in [0.25, 0.3) is 0 Å². The van der Waals surface area contributed by atoms with Crippen molar-refractivity contribution in [3.8, 4) is 11.8 Å². The molecule has 5 nitrogen and oxygen atoms in total. The molecule has 0 aliphatic carbocycles. The Morgan fingerprint density at radius 1 is 1.45 bits per heavy atom. The zero-order chi connectivity index (χ0) is 15.1. The number of nitrogens with two attached hydrogens (primary N) is 1. The lowest BCUT2D eigenvalue weighted by molar-refractivity contribution is -0.142. The van der Waals surface area contributed by atoms with E-state index in [2.05, 4.69) is 4.74 Å². The number of carbonyl (C=O) groups excluding carboxylic acids is 1. The van der Waals surface area contributed by atoms with E-state index in [0.717, 1.165) is 0 Å². The van der Waals surface area contributed by atoms with Gasteiger partial charge in [-0.1, -0.05) is 12.1 Å². The van der Waals surface area contributed by atoms with E-state index in [1.54, 1.807) is 13.0 Å². The number of ether oxygens (including phenoxy) is 2. The average Bonchev–Trinajstić information content (AvgIpc) is 2.40. The first kappa shape index (κ1) is 15.9. The SMILES string of the molecule is CCOC(=O)Cc1ccc(CN)c(C#N)c1OC(F)F. The molecular weight excluding hydrogens is 270 g/mol. The summed E-state index contributed by atoms with van der Waals surface area (Å²) in [5.41, 5.74) is 5.89. The van der Waals surface area contributed by atoms with Crippen molar-refractivity contribution in [2.45, 2.75) is 26.5 Å². The molecule has 108 valence electrons. The highest BCUT2D eigenvalue weighted by Crippen LogP contribution is 2.29. The van der Waals surface area contributed by atoms with Crippen molar-refractivity contribution in [1.29, 1.82) is 5.26 Å². The molecule has 0 saturated carbocycles. The lowest BCUT2D eigenvalue weighted by atomic mass is 10.0. The van der Waals surface area contributed by atoms with Crippen molar-refractivity contribution in [2.24, 2.45) is 5.73 Å². The van der Waals surface area contributed by atoms with Crippen molar-refractivity contribution in [3.63, 3.8) is 0 Å². The maximum Gasteiger partial charge on any atom is 0.387 e. The number of benzene rings is 1. The van der Waals surface area contributed by atoms with E-state index in [0.29, 0.717) is 5.56 Å². The highest BCUT2D eigenvalue weighted by Gasteiger charge is 2.19. The molecule has 0 spiro atoms. The fourth-order valence-electron chi connectivity index (χ4n) is 1.69. The molecule has 0 heterocycles. The summed E-state index contributed by atoms with van der Waals surface area (Å²) in [6, 6.07) is 4.71. The summed E-state index contributed by atoms with van der Waals surface area (Å²) in [5.74, 6) is -0.908. The Hall–Kier alpha value is -2.20. The van der Waals surface area contributed by atoms with E-state index < -0.39 is 12.6 Å². The smallest absolute Gasteiger partial charge is 0.387 e. The van der Waals surface area contributed by atoms with Crippen LogP contribution in [0.5, 0.6) is 5.75 Å². The summed E-state index contributed by atoms with van der Waals surface area (Å²) >= 11 is 0. The van der Waals surface area contributed by atoms with E-state index >= 15 is 0 Å². The molecule has 1 aromatic rings. The quantitative estimate of drug-likeness (QED) is 0.804. The molecule has 1 aromatic carbocycles. The van der Waals surface area contributed by atoms with E-state index in [9.17, 15) is 13.6 Å². The highest BCUT2D eigenvalue weighted by atomic mass is 19.3. The normalized spacial score (nSPS) is 10.2. The number of hydrogen-bond acceptors (Lipinski definition) is 5. The third kappa shape index (κ3) is 3.90. The molecule has 0 aliphatic heterocycles. The zero-order valence-electron chi connectivity index (χ0n) is 10.9. The summed E-state index contributed by atoms with van der Waals surface area (Å²) in [5, 5.41) is 9.06. The molecule has 7 heteroatoms. The Bertz CT molecular complexity index is 527. The third-order valence-electron chi connectivity index (χ3n) is 2.50. The van der Waals surface area contributed by atoms with Gasteiger partial charge in [-0.15, -0.1) is 0 Å². The monoisotopic (exact) mass is 284 g/mol. The van der Waals surface area contributed by atoms with Gasteiger partial charge in [0.1, 0.15) is 11.8 Å². The van der Waals surface area contributed by atoms with Crippen molar-refractivity contribution in [1.82, 2.24) is 0 Å². The second-order valence-corrected chi connectivity index (χ2v) is 3.76. The molecule has 0 aliphatic rings. The summed E-state index contributed by atoms with van der Waals surface area (Å²) in [6.45, 7) is -1.29. The number of nitrogens with zero attached hydrogens (tertiary/aromatic N) is 1. The van der Waals surface area contributed by atoms with Crippen LogP contribution >= 0.6 is 0 Å². The summed E-state index contributed by atoms with van der Waals surface area (Å²) < 4.78 is 34.0. The fourth-order valence-corrected chi connectivity index (χ4v) is 1.69. The molecule has 0 fully saturated rings. The van der Waals surface area contributed by atoms with Gasteiger partial charge < -0.3 is 15.2 Å². The number of halogens is 2. The largest absolute Gasteiger partial charge is 0.466 e. The lowest BCUT2D eigenvalue weighted by Gasteiger charge is -2.14. The van der Waals surface area contributed by atoms with Crippen LogP contribution in [0.3, 0.4) is 0 Å². The third-order valence-corrected chi connectivity index (χ3v) is 2.50. The predicted octanol–water partition coefficient (Wildman–Crippen LogP) is 1.72. The van der Waals surface area contributed by atoms with Crippen LogP contribution < -0.4 is 10.5 Å². The molecule has 0 atom stereocenters. The van der Waals surface area contributed by atoms with Crippen molar-refractivity contribution in [3.05, 3.63) is 28.8 Å². The number of hydrogen-bond donors (Lipinski definition) is 1. The topological polar surface area (TPSA) is 85.3 Å². The second-order valence-electron chi connectivity index (χ2n) is 3.76. The Morgan fingerprint density at radius 3 is 2.60 bits per heavy atom. The van der Waals surface area contributed by atoms with E-state index in [4.69, 9.17) is 15.7 Å². The predicted molar refractivity (Wildman–Crippen MR) is 66.0 cm³/mol. The van der Waals surface area contributed by atoms with Crippen LogP contribution in [-0.2, 0) is 22.5 Å². The van der Waals surface area contributed by atoms with Gasteiger partial charge in [-0.3, -0.25) is 4.79 Å². The molecule has 0 amide bonds. The summed E-state index contributed by atoms with van der Waals surface area (Å²) in [7, 11) is 0. The van der Waals surface area contributed by atoms with Gasteiger partial charge in [0.2, 0.25) is 0 Å². The summed E-state index contributed by atoms with van der Waals surface area (Å²) in [4.78, 5) is 11.4. The molecule has 0 radical (unpaired) electrons. The molecule has 1 rings (SSSR count). The van der Waals surface area contributed by atoms with Crippen molar-refractivity contribution in [2.75, 3.05) is 6.61 Å². The highest BCUT2D eigenvalue weighted by molar-refractivity contribution is 5.74. The fraction of sp³-hybridized carbons (Fsp3) is 0.385. The molecule has 0 unspecified atom stereocenters. The lowest BCUT2D eigenvalue weighted by Crippen LogP contribution is -2.13. The minimum atomic E-state index is -3.10. The average molecular weight is 284 g/mol. The number of rotatable bonds is 6. The number of carbonyl (C=O) groups is 1. The first-order valence-electron chi connectivity index (χ1n) is 5.88. The van der Waals surface area contributed by atoms with Gasteiger partial charge in [0.15, 0.2) is 0 Å². The van der Waals surface area contributed by atoms with Gasteiger partial charge in [-0.2, -0.15) is 14.0 Å². The molecular formula is C13H14F2N2O3. The Labute approximate surface area is 114 Å². The van der Waals surface area contributed by atoms with Gasteiger partial charge in [0.05, 0.1) is 18.6 Å². The van der Waals surface area contributed by atoms with Gasteiger partial charge in [-0.25, -0.2) is 0 Å². The maximum atomic E-state index is 12.5. The Kier molecular flexibility index (Phi) is 5.87. The van der Waals surface area contributed by atoms with Crippen LogP contribution in [0.2, 0.25) is 0 Å². The first-order chi connectivity index (χ1) is 9.53. The number of esters is 1. The van der Waals surface area contributed by atoms with Crippen molar-refractivity contribution >= 4 is 5.97 Å². The van der Waals surface area contributed by atoms with Crippen LogP contribution in [-0.4, -0.2) is 19.2 Å². The van der Waals surface area contributed by atoms with Gasteiger partial charge in [0, 0.05) is 12.1 Å². The van der Waals surface area contributed by atoms with E-state index in [1.165, 1.54) is 12.1 Å². The minimum Gasteiger partial charge on any atom is -0.466 e. The number of alkyl halides is 2. The molecule has 2 N–H and O–H groups in total. The van der Waals surface area contributed by atoms with Crippen LogP contribution in [0.4, 0.5) is 8.78 Å². The van der Waals surface area contributed by atoms with E-state index in [1.807, 2.05) is 0 Å². The molecule has 0 bridgehead atoms.